The highest BCUT2D eigenvalue weighted by molar-refractivity contribution is 4.90. The Bertz CT molecular complexity index is 248. The van der Waals surface area contributed by atoms with Gasteiger partial charge in [0.25, 0.3) is 0 Å². The third-order valence-electron chi connectivity index (χ3n) is 5.73. The third-order valence-corrected chi connectivity index (χ3v) is 5.73. The molecular formula is C19H37N. The van der Waals surface area contributed by atoms with Crippen molar-refractivity contribution in [2.24, 2.45) is 0 Å². The lowest BCUT2D eigenvalue weighted by Gasteiger charge is -2.49. The van der Waals surface area contributed by atoms with Crippen LogP contribution in [0.2, 0.25) is 0 Å². The van der Waals surface area contributed by atoms with Gasteiger partial charge in [-0.3, -0.25) is 4.90 Å². The molecule has 0 radical (unpaired) electrons. The second-order valence-electron chi connectivity index (χ2n) is 7.38. The summed E-state index contributed by atoms with van der Waals surface area (Å²) in [5.41, 5.74) is 0. The minimum absolute atomic E-state index is 0.864. The standard InChI is InChI=1S/C19H37N/c1-3-4-5-6-7-8-9-13-18-15-11-16-19-14-10-12-17(2)20(18)19/h17-19H,3-16H2,1-2H3. The van der Waals surface area contributed by atoms with Crippen LogP contribution in [-0.4, -0.2) is 23.0 Å². The molecule has 0 bridgehead atoms. The Morgan fingerprint density at radius 1 is 0.800 bits per heavy atom. The van der Waals surface area contributed by atoms with E-state index in [1.54, 1.807) is 0 Å². The minimum atomic E-state index is 0.864. The molecule has 0 aromatic rings. The molecule has 2 aliphatic heterocycles. The monoisotopic (exact) mass is 279 g/mol. The zero-order chi connectivity index (χ0) is 14.2. The van der Waals surface area contributed by atoms with Crippen molar-refractivity contribution in [2.45, 2.75) is 122 Å². The lowest BCUT2D eigenvalue weighted by atomic mass is 9.84. The van der Waals surface area contributed by atoms with Gasteiger partial charge in [-0.1, -0.05) is 64.7 Å². The fourth-order valence-corrected chi connectivity index (χ4v) is 4.63. The molecule has 0 aromatic heterocycles. The maximum absolute atomic E-state index is 2.93. The van der Waals surface area contributed by atoms with Gasteiger partial charge in [0.1, 0.15) is 0 Å². The van der Waals surface area contributed by atoms with Gasteiger partial charge in [-0.2, -0.15) is 0 Å². The van der Waals surface area contributed by atoms with Crippen molar-refractivity contribution in [3.63, 3.8) is 0 Å². The van der Waals surface area contributed by atoms with E-state index in [9.17, 15) is 0 Å². The molecule has 0 spiro atoms. The van der Waals surface area contributed by atoms with Gasteiger partial charge in [0.2, 0.25) is 0 Å². The van der Waals surface area contributed by atoms with E-state index in [-0.39, 0.29) is 0 Å². The molecule has 0 amide bonds. The Kier molecular flexibility index (Phi) is 7.41. The van der Waals surface area contributed by atoms with E-state index in [1.165, 1.54) is 89.9 Å². The van der Waals surface area contributed by atoms with E-state index >= 15 is 0 Å². The summed E-state index contributed by atoms with van der Waals surface area (Å²) >= 11 is 0. The average Bonchev–Trinajstić information content (AvgIpc) is 2.46. The number of hydrogen-bond donors (Lipinski definition) is 0. The molecule has 2 fully saturated rings. The van der Waals surface area contributed by atoms with Gasteiger partial charge in [0.05, 0.1) is 0 Å². The molecule has 2 aliphatic rings. The molecular weight excluding hydrogens is 242 g/mol. The molecule has 0 N–H and O–H groups in total. The van der Waals surface area contributed by atoms with E-state index in [2.05, 4.69) is 18.7 Å². The van der Waals surface area contributed by atoms with Gasteiger partial charge < -0.3 is 0 Å². The first-order valence-electron chi connectivity index (χ1n) is 9.60. The number of fused-ring (bicyclic) bond motifs is 1. The fraction of sp³-hybridized carbons (Fsp3) is 1.00. The van der Waals surface area contributed by atoms with Crippen molar-refractivity contribution >= 4 is 0 Å². The molecule has 118 valence electrons. The summed E-state index contributed by atoms with van der Waals surface area (Å²) in [5.74, 6) is 0. The van der Waals surface area contributed by atoms with E-state index in [0.717, 1.165) is 18.1 Å². The Morgan fingerprint density at radius 3 is 2.20 bits per heavy atom. The van der Waals surface area contributed by atoms with Gasteiger partial charge in [-0.15, -0.1) is 0 Å². The highest BCUT2D eigenvalue weighted by atomic mass is 15.2. The molecule has 20 heavy (non-hydrogen) atoms. The first-order valence-corrected chi connectivity index (χ1v) is 9.60. The van der Waals surface area contributed by atoms with Crippen LogP contribution in [0.15, 0.2) is 0 Å². The first-order chi connectivity index (χ1) is 9.83. The van der Waals surface area contributed by atoms with E-state index in [1.807, 2.05) is 0 Å². The molecule has 0 aromatic carbocycles. The Morgan fingerprint density at radius 2 is 1.45 bits per heavy atom. The summed E-state index contributed by atoms with van der Waals surface area (Å²) in [6, 6.07) is 2.74. The third kappa shape index (κ3) is 4.76. The average molecular weight is 280 g/mol. The zero-order valence-electron chi connectivity index (χ0n) is 14.1. The van der Waals surface area contributed by atoms with Crippen LogP contribution in [0.25, 0.3) is 0 Å². The normalized spacial score (nSPS) is 31.2. The summed E-state index contributed by atoms with van der Waals surface area (Å²) in [6.07, 6.45) is 20.5. The van der Waals surface area contributed by atoms with Crippen LogP contribution in [0.1, 0.15) is 104 Å². The van der Waals surface area contributed by atoms with Gasteiger partial charge in [-0.05, 0) is 39.0 Å². The maximum Gasteiger partial charge on any atom is 0.0101 e. The van der Waals surface area contributed by atoms with Gasteiger partial charge in [0.15, 0.2) is 0 Å². The predicted molar refractivity (Wildman–Crippen MR) is 89.2 cm³/mol. The molecule has 3 unspecified atom stereocenters. The van der Waals surface area contributed by atoms with Gasteiger partial charge in [-0.25, -0.2) is 0 Å². The summed E-state index contributed by atoms with van der Waals surface area (Å²) in [6.45, 7) is 4.79. The van der Waals surface area contributed by atoms with Gasteiger partial charge >= 0.3 is 0 Å². The van der Waals surface area contributed by atoms with Crippen LogP contribution >= 0.6 is 0 Å². The van der Waals surface area contributed by atoms with E-state index < -0.39 is 0 Å². The number of unbranched alkanes of at least 4 members (excludes halogenated alkanes) is 6. The highest BCUT2D eigenvalue weighted by Gasteiger charge is 2.35. The van der Waals surface area contributed by atoms with Crippen molar-refractivity contribution < 1.29 is 0 Å². The van der Waals surface area contributed by atoms with Crippen molar-refractivity contribution in [1.29, 1.82) is 0 Å². The zero-order valence-corrected chi connectivity index (χ0v) is 14.1. The van der Waals surface area contributed by atoms with Gasteiger partial charge in [0, 0.05) is 18.1 Å². The summed E-state index contributed by atoms with van der Waals surface area (Å²) in [4.78, 5) is 2.93. The molecule has 0 aliphatic carbocycles. The quantitative estimate of drug-likeness (QED) is 0.498. The summed E-state index contributed by atoms with van der Waals surface area (Å²) in [7, 11) is 0. The highest BCUT2D eigenvalue weighted by Crippen LogP contribution is 2.35. The lowest BCUT2D eigenvalue weighted by molar-refractivity contribution is 0.00688. The fourth-order valence-electron chi connectivity index (χ4n) is 4.63. The molecule has 1 heteroatoms. The second kappa shape index (κ2) is 9.07. The molecule has 2 saturated heterocycles. The van der Waals surface area contributed by atoms with E-state index in [4.69, 9.17) is 0 Å². The number of piperidine rings is 2. The number of rotatable bonds is 8. The van der Waals surface area contributed by atoms with Crippen LogP contribution < -0.4 is 0 Å². The largest absolute Gasteiger partial charge is 0.295 e. The van der Waals surface area contributed by atoms with Crippen LogP contribution in [-0.2, 0) is 0 Å². The second-order valence-corrected chi connectivity index (χ2v) is 7.38. The molecule has 3 atom stereocenters. The Labute approximate surface area is 127 Å². The smallest absolute Gasteiger partial charge is 0.0101 e. The summed E-state index contributed by atoms with van der Waals surface area (Å²) in [5, 5.41) is 0. The minimum Gasteiger partial charge on any atom is -0.295 e. The van der Waals surface area contributed by atoms with Crippen molar-refractivity contribution in [3.05, 3.63) is 0 Å². The molecule has 0 saturated carbocycles. The topological polar surface area (TPSA) is 3.24 Å². The van der Waals surface area contributed by atoms with Crippen molar-refractivity contribution in [2.75, 3.05) is 0 Å². The Balaban J connectivity index is 1.63. The van der Waals surface area contributed by atoms with Crippen LogP contribution in [0, 0.1) is 0 Å². The molecule has 2 rings (SSSR count). The lowest BCUT2D eigenvalue weighted by Crippen LogP contribution is -2.53. The van der Waals surface area contributed by atoms with Crippen LogP contribution in [0.5, 0.6) is 0 Å². The maximum atomic E-state index is 2.93. The van der Waals surface area contributed by atoms with E-state index in [0.29, 0.717) is 0 Å². The summed E-state index contributed by atoms with van der Waals surface area (Å²) < 4.78 is 0. The SMILES string of the molecule is CCCCCCCCCC1CCCC2CCCC(C)N12. The van der Waals surface area contributed by atoms with Crippen LogP contribution in [0.4, 0.5) is 0 Å². The molecule has 1 nitrogen and oxygen atoms in total. The molecule has 2 heterocycles. The number of hydrogen-bond acceptors (Lipinski definition) is 1. The Hall–Kier alpha value is -0.0400. The van der Waals surface area contributed by atoms with Crippen molar-refractivity contribution in [1.82, 2.24) is 4.90 Å². The van der Waals surface area contributed by atoms with Crippen molar-refractivity contribution in [3.8, 4) is 0 Å². The van der Waals surface area contributed by atoms with Crippen LogP contribution in [0.3, 0.4) is 0 Å². The first kappa shape index (κ1) is 16.3. The number of nitrogens with zero attached hydrogens (tertiary/aromatic N) is 1. The predicted octanol–water partition coefficient (Wildman–Crippen LogP) is 5.92.